The van der Waals surface area contributed by atoms with E-state index in [2.05, 4.69) is 0 Å². The van der Waals surface area contributed by atoms with Crippen molar-refractivity contribution in [2.24, 2.45) is 0 Å². The van der Waals surface area contributed by atoms with E-state index >= 15 is 0 Å². The molecule has 1 fully saturated rings. The zero-order chi connectivity index (χ0) is 22.8. The van der Waals surface area contributed by atoms with Gasteiger partial charge in [0, 0.05) is 30.6 Å². The molecule has 1 saturated heterocycles. The number of carbonyl (C=O) groups excluding carboxylic acids is 2. The summed E-state index contributed by atoms with van der Waals surface area (Å²) in [6.07, 6.45) is 2.02. The molecule has 2 aliphatic heterocycles. The third kappa shape index (κ3) is 3.93. The van der Waals surface area contributed by atoms with Gasteiger partial charge in [0.1, 0.15) is 0 Å². The van der Waals surface area contributed by atoms with E-state index in [1.165, 1.54) is 7.11 Å². The van der Waals surface area contributed by atoms with Crippen molar-refractivity contribution in [1.82, 2.24) is 9.80 Å². The highest BCUT2D eigenvalue weighted by Crippen LogP contribution is 2.46. The number of thioether (sulfide) groups is 1. The van der Waals surface area contributed by atoms with E-state index in [4.69, 9.17) is 14.2 Å². The van der Waals surface area contributed by atoms with Crippen molar-refractivity contribution in [2.45, 2.75) is 16.9 Å². The zero-order valence-electron chi connectivity index (χ0n) is 18.8. The number of likely N-dealkylation sites (N-methyl/N-ethyl adjacent to an activating group) is 1. The highest BCUT2D eigenvalue weighted by Gasteiger charge is 2.45. The molecule has 7 nitrogen and oxygen atoms in total. The van der Waals surface area contributed by atoms with E-state index < -0.39 is 12.0 Å². The van der Waals surface area contributed by atoms with Gasteiger partial charge in [-0.3, -0.25) is 9.59 Å². The standard InChI is InChI=1S/C24H28N2O5S/c1-25-22(15-5-7-16(32-4)8-6-15)21(24(28)26-9-11-31-12-10-26)17-13-19(29-2)20(30-3)14-18(17)23(25)27/h5-8,13-14,21-22H,9-12H2,1-4H3/t21-,22-/m1/s1. The number of carbonyl (C=O) groups is 2. The molecule has 0 radical (unpaired) electrons. The lowest BCUT2D eigenvalue weighted by Crippen LogP contribution is -2.49. The zero-order valence-corrected chi connectivity index (χ0v) is 19.6. The lowest BCUT2D eigenvalue weighted by Gasteiger charge is -2.42. The SMILES string of the molecule is COc1cc2c(cc1OC)[C@@H](C(=O)N1CCOCC1)[C@@H](c1ccc(SC)cc1)N(C)C2=O. The number of ether oxygens (including phenoxy) is 3. The molecule has 170 valence electrons. The smallest absolute Gasteiger partial charge is 0.254 e. The Morgan fingerprint density at radius 2 is 1.69 bits per heavy atom. The van der Waals surface area contributed by atoms with Crippen LogP contribution in [0.5, 0.6) is 11.5 Å². The van der Waals surface area contributed by atoms with Gasteiger partial charge >= 0.3 is 0 Å². The second-order valence-corrected chi connectivity index (χ2v) is 8.72. The van der Waals surface area contributed by atoms with Crippen LogP contribution in [-0.4, -0.2) is 75.4 Å². The summed E-state index contributed by atoms with van der Waals surface area (Å²) in [7, 11) is 4.85. The molecule has 0 spiro atoms. The predicted octanol–water partition coefficient (Wildman–Crippen LogP) is 3.20. The molecule has 8 heteroatoms. The molecule has 32 heavy (non-hydrogen) atoms. The highest BCUT2D eigenvalue weighted by molar-refractivity contribution is 7.98. The van der Waals surface area contributed by atoms with Crippen molar-refractivity contribution in [1.29, 1.82) is 0 Å². The van der Waals surface area contributed by atoms with Gasteiger partial charge in [0.25, 0.3) is 5.91 Å². The Morgan fingerprint density at radius 3 is 2.28 bits per heavy atom. The molecular formula is C24H28N2O5S. The minimum atomic E-state index is -0.564. The molecular weight excluding hydrogens is 428 g/mol. The Labute approximate surface area is 192 Å². The van der Waals surface area contributed by atoms with Crippen LogP contribution in [0, 0.1) is 0 Å². The Bertz CT molecular complexity index is 1000. The van der Waals surface area contributed by atoms with Crippen molar-refractivity contribution in [3.63, 3.8) is 0 Å². The van der Waals surface area contributed by atoms with Crippen molar-refractivity contribution in [2.75, 3.05) is 53.8 Å². The predicted molar refractivity (Wildman–Crippen MR) is 123 cm³/mol. The van der Waals surface area contributed by atoms with Gasteiger partial charge in [0.15, 0.2) is 11.5 Å². The first-order valence-electron chi connectivity index (χ1n) is 10.5. The summed E-state index contributed by atoms with van der Waals surface area (Å²) >= 11 is 1.65. The van der Waals surface area contributed by atoms with Crippen LogP contribution in [-0.2, 0) is 9.53 Å². The molecule has 2 aromatic rings. The van der Waals surface area contributed by atoms with Crippen LogP contribution < -0.4 is 9.47 Å². The number of hydrogen-bond acceptors (Lipinski definition) is 6. The van der Waals surface area contributed by atoms with E-state index in [1.807, 2.05) is 35.4 Å². The fraction of sp³-hybridized carbons (Fsp3) is 0.417. The molecule has 0 bridgehead atoms. The van der Waals surface area contributed by atoms with Crippen LogP contribution in [0.2, 0.25) is 0 Å². The molecule has 2 heterocycles. The number of morpholine rings is 1. The van der Waals surface area contributed by atoms with Gasteiger partial charge in [-0.15, -0.1) is 11.8 Å². The van der Waals surface area contributed by atoms with Gasteiger partial charge in [-0.25, -0.2) is 0 Å². The second kappa shape index (κ2) is 9.42. The van der Waals surface area contributed by atoms with Crippen LogP contribution >= 0.6 is 11.8 Å². The summed E-state index contributed by atoms with van der Waals surface area (Å²) in [5.41, 5.74) is 2.06. The molecule has 0 aliphatic carbocycles. The van der Waals surface area contributed by atoms with Gasteiger partial charge in [-0.05, 0) is 41.6 Å². The number of amides is 2. The number of fused-ring (bicyclic) bond motifs is 1. The van der Waals surface area contributed by atoms with E-state index in [1.54, 1.807) is 43.0 Å². The number of methoxy groups -OCH3 is 2. The molecule has 2 atom stereocenters. The third-order valence-electron chi connectivity index (χ3n) is 6.22. The second-order valence-electron chi connectivity index (χ2n) is 7.84. The molecule has 2 aliphatic rings. The minimum absolute atomic E-state index is 0.0138. The molecule has 0 saturated carbocycles. The molecule has 0 unspecified atom stereocenters. The van der Waals surface area contributed by atoms with E-state index in [9.17, 15) is 9.59 Å². The summed E-state index contributed by atoms with van der Waals surface area (Å²) in [6.45, 7) is 2.10. The molecule has 2 amide bonds. The van der Waals surface area contributed by atoms with Gasteiger partial charge < -0.3 is 24.0 Å². The Kier molecular flexibility index (Phi) is 6.62. The van der Waals surface area contributed by atoms with Gasteiger partial charge in [0.05, 0.1) is 39.4 Å². The number of hydrogen-bond donors (Lipinski definition) is 0. The first-order chi connectivity index (χ1) is 15.5. The topological polar surface area (TPSA) is 68.3 Å². The minimum Gasteiger partial charge on any atom is -0.493 e. The lowest BCUT2D eigenvalue weighted by atomic mass is 9.78. The number of rotatable bonds is 5. The number of nitrogens with zero attached hydrogens (tertiary/aromatic N) is 2. The van der Waals surface area contributed by atoms with Crippen LogP contribution in [0.3, 0.4) is 0 Å². The van der Waals surface area contributed by atoms with E-state index in [-0.39, 0.29) is 11.8 Å². The molecule has 0 aromatic heterocycles. The van der Waals surface area contributed by atoms with Crippen molar-refractivity contribution < 1.29 is 23.8 Å². The first kappa shape index (κ1) is 22.5. The maximum Gasteiger partial charge on any atom is 0.254 e. The van der Waals surface area contributed by atoms with Gasteiger partial charge in [-0.1, -0.05) is 12.1 Å². The highest BCUT2D eigenvalue weighted by atomic mass is 32.2. The molecule has 4 rings (SSSR count). The summed E-state index contributed by atoms with van der Waals surface area (Å²) in [6, 6.07) is 11.1. The Hall–Kier alpha value is -2.71. The summed E-state index contributed by atoms with van der Waals surface area (Å²) < 4.78 is 16.4. The summed E-state index contributed by atoms with van der Waals surface area (Å²) in [5, 5.41) is 0. The van der Waals surface area contributed by atoms with Crippen LogP contribution in [0.25, 0.3) is 0 Å². The van der Waals surface area contributed by atoms with Gasteiger partial charge in [-0.2, -0.15) is 0 Å². The van der Waals surface area contributed by atoms with Gasteiger partial charge in [0.2, 0.25) is 5.91 Å². The molecule has 2 aromatic carbocycles. The van der Waals surface area contributed by atoms with E-state index in [0.29, 0.717) is 48.9 Å². The van der Waals surface area contributed by atoms with Crippen LogP contribution in [0.4, 0.5) is 0 Å². The normalized spacial score (nSPS) is 20.7. The fourth-order valence-corrected chi connectivity index (χ4v) is 4.92. The van der Waals surface area contributed by atoms with Crippen molar-refractivity contribution >= 4 is 23.6 Å². The van der Waals surface area contributed by atoms with Crippen LogP contribution in [0.15, 0.2) is 41.3 Å². The Balaban J connectivity index is 1.88. The third-order valence-corrected chi connectivity index (χ3v) is 6.96. The maximum absolute atomic E-state index is 13.9. The largest absolute Gasteiger partial charge is 0.493 e. The fourth-order valence-electron chi connectivity index (χ4n) is 4.51. The quantitative estimate of drug-likeness (QED) is 0.644. The number of benzene rings is 2. The molecule has 0 N–H and O–H groups in total. The summed E-state index contributed by atoms with van der Waals surface area (Å²) in [4.78, 5) is 31.9. The summed E-state index contributed by atoms with van der Waals surface area (Å²) in [5.74, 6) is 0.241. The van der Waals surface area contributed by atoms with Crippen molar-refractivity contribution in [3.05, 3.63) is 53.1 Å². The van der Waals surface area contributed by atoms with Crippen molar-refractivity contribution in [3.8, 4) is 11.5 Å². The Morgan fingerprint density at radius 1 is 1.06 bits per heavy atom. The average Bonchev–Trinajstić information content (AvgIpc) is 2.85. The monoisotopic (exact) mass is 456 g/mol. The average molecular weight is 457 g/mol. The van der Waals surface area contributed by atoms with E-state index in [0.717, 1.165) is 10.5 Å². The first-order valence-corrected chi connectivity index (χ1v) is 11.8. The lowest BCUT2D eigenvalue weighted by molar-refractivity contribution is -0.138. The maximum atomic E-state index is 13.9. The van der Waals surface area contributed by atoms with Crippen LogP contribution in [0.1, 0.15) is 33.4 Å².